The first-order chi connectivity index (χ1) is 11.3. The molecule has 0 bridgehead atoms. The van der Waals surface area contributed by atoms with E-state index >= 15 is 0 Å². The molecule has 1 aliphatic heterocycles. The zero-order valence-electron chi connectivity index (χ0n) is 12.1. The third-order valence-electron chi connectivity index (χ3n) is 3.66. The van der Waals surface area contributed by atoms with Crippen LogP contribution in [0.1, 0.15) is 11.3 Å². The topological polar surface area (TPSA) is 73.0 Å². The van der Waals surface area contributed by atoms with Crippen molar-refractivity contribution in [3.05, 3.63) is 59.8 Å². The molecule has 0 spiro atoms. The Hall–Kier alpha value is -3.33. The molecule has 1 aromatic heterocycles. The summed E-state index contributed by atoms with van der Waals surface area (Å²) < 4.78 is 12.4. The maximum absolute atomic E-state index is 9.28. The van der Waals surface area contributed by atoms with Crippen LogP contribution in [0.5, 0.6) is 11.5 Å². The van der Waals surface area contributed by atoms with Crippen molar-refractivity contribution in [1.82, 2.24) is 15.0 Å². The van der Waals surface area contributed by atoms with Gasteiger partial charge in [-0.15, -0.1) is 5.10 Å². The van der Waals surface area contributed by atoms with Crippen molar-refractivity contribution in [3.63, 3.8) is 0 Å². The molecule has 4 rings (SSSR count). The molecule has 3 aromatic rings. The maximum atomic E-state index is 9.28. The van der Waals surface area contributed by atoms with Gasteiger partial charge in [-0.05, 0) is 17.7 Å². The molecule has 2 aromatic carbocycles. The Morgan fingerprint density at radius 1 is 1.09 bits per heavy atom. The van der Waals surface area contributed by atoms with Crippen LogP contribution in [0.25, 0.3) is 11.3 Å². The van der Waals surface area contributed by atoms with Crippen molar-refractivity contribution < 1.29 is 9.47 Å². The average Bonchev–Trinajstić information content (AvgIpc) is 3.21. The van der Waals surface area contributed by atoms with E-state index in [1.165, 1.54) is 0 Å². The normalized spacial score (nSPS) is 12.1. The molecular weight excluding hydrogens is 292 g/mol. The van der Waals surface area contributed by atoms with Crippen molar-refractivity contribution in [2.45, 2.75) is 6.54 Å². The Balaban J connectivity index is 1.73. The quantitative estimate of drug-likeness (QED) is 0.743. The van der Waals surface area contributed by atoms with Crippen molar-refractivity contribution in [2.24, 2.45) is 0 Å². The lowest BCUT2D eigenvalue weighted by Crippen LogP contribution is -2.04. The van der Waals surface area contributed by atoms with Gasteiger partial charge in [-0.3, -0.25) is 0 Å². The number of hydrogen-bond donors (Lipinski definition) is 0. The molecule has 0 unspecified atom stereocenters. The van der Waals surface area contributed by atoms with E-state index in [1.54, 1.807) is 4.68 Å². The Kier molecular flexibility index (Phi) is 3.17. The van der Waals surface area contributed by atoms with Crippen molar-refractivity contribution in [1.29, 1.82) is 5.26 Å². The summed E-state index contributed by atoms with van der Waals surface area (Å²) in [6.07, 6.45) is 0. The second-order valence-corrected chi connectivity index (χ2v) is 5.11. The number of aromatic nitrogens is 3. The largest absolute Gasteiger partial charge is 0.454 e. The van der Waals surface area contributed by atoms with Gasteiger partial charge in [0, 0.05) is 5.56 Å². The first kappa shape index (κ1) is 13.3. The van der Waals surface area contributed by atoms with Crippen LogP contribution in [0.15, 0.2) is 48.5 Å². The van der Waals surface area contributed by atoms with Crippen molar-refractivity contribution in [2.75, 3.05) is 6.79 Å². The fraction of sp³-hybridized carbons (Fsp3) is 0.118. The first-order valence-electron chi connectivity index (χ1n) is 7.12. The fourth-order valence-corrected chi connectivity index (χ4v) is 2.59. The number of fused-ring (bicyclic) bond motifs is 1. The van der Waals surface area contributed by atoms with E-state index in [0.717, 1.165) is 22.6 Å². The highest BCUT2D eigenvalue weighted by Gasteiger charge is 2.17. The molecule has 6 heteroatoms. The van der Waals surface area contributed by atoms with E-state index in [0.29, 0.717) is 17.9 Å². The second kappa shape index (κ2) is 5.46. The van der Waals surface area contributed by atoms with Crippen LogP contribution in [-0.2, 0) is 6.54 Å². The third kappa shape index (κ3) is 2.38. The first-order valence-corrected chi connectivity index (χ1v) is 7.12. The van der Waals surface area contributed by atoms with Gasteiger partial charge in [0.05, 0.1) is 6.54 Å². The Morgan fingerprint density at radius 3 is 2.74 bits per heavy atom. The predicted octanol–water partition coefficient (Wildman–Crippen LogP) is 2.59. The van der Waals surface area contributed by atoms with E-state index in [9.17, 15) is 5.26 Å². The lowest BCUT2D eigenvalue weighted by Gasteiger charge is -2.07. The molecule has 0 amide bonds. The van der Waals surface area contributed by atoms with E-state index in [1.807, 2.05) is 48.5 Å². The van der Waals surface area contributed by atoms with Crippen LogP contribution >= 0.6 is 0 Å². The van der Waals surface area contributed by atoms with Crippen LogP contribution in [-0.4, -0.2) is 21.8 Å². The summed E-state index contributed by atoms with van der Waals surface area (Å²) in [7, 11) is 0. The van der Waals surface area contributed by atoms with Gasteiger partial charge in [0.15, 0.2) is 17.2 Å². The number of nitrogens with zero attached hydrogens (tertiary/aromatic N) is 4. The molecule has 1 aliphatic rings. The number of hydrogen-bond acceptors (Lipinski definition) is 5. The molecule has 0 N–H and O–H groups in total. The van der Waals surface area contributed by atoms with Crippen LogP contribution in [0, 0.1) is 11.3 Å². The molecular formula is C17H12N4O2. The minimum atomic E-state index is 0.246. The molecule has 0 aliphatic carbocycles. The van der Waals surface area contributed by atoms with Crippen LogP contribution in [0.2, 0.25) is 0 Å². The Bertz CT molecular complexity index is 897. The van der Waals surface area contributed by atoms with Gasteiger partial charge in [-0.1, -0.05) is 41.6 Å². The fourth-order valence-electron chi connectivity index (χ4n) is 2.59. The summed E-state index contributed by atoms with van der Waals surface area (Å²) >= 11 is 0. The summed E-state index contributed by atoms with van der Waals surface area (Å²) in [5.41, 5.74) is 2.94. The smallest absolute Gasteiger partial charge is 0.231 e. The van der Waals surface area contributed by atoms with Gasteiger partial charge in [-0.25, -0.2) is 4.68 Å². The number of nitriles is 1. The van der Waals surface area contributed by atoms with Crippen molar-refractivity contribution in [3.8, 4) is 28.8 Å². The van der Waals surface area contributed by atoms with Crippen LogP contribution in [0.3, 0.4) is 0 Å². The average molecular weight is 304 g/mol. The molecule has 0 radical (unpaired) electrons. The zero-order chi connectivity index (χ0) is 15.6. The maximum Gasteiger partial charge on any atom is 0.231 e. The lowest BCUT2D eigenvalue weighted by molar-refractivity contribution is 0.174. The zero-order valence-corrected chi connectivity index (χ0v) is 12.1. The van der Waals surface area contributed by atoms with Gasteiger partial charge in [0.1, 0.15) is 11.8 Å². The predicted molar refractivity (Wildman–Crippen MR) is 81.8 cm³/mol. The van der Waals surface area contributed by atoms with Crippen molar-refractivity contribution >= 4 is 0 Å². The molecule has 0 saturated heterocycles. The highest BCUT2D eigenvalue weighted by Crippen LogP contribution is 2.33. The van der Waals surface area contributed by atoms with Gasteiger partial charge in [0.25, 0.3) is 0 Å². The van der Waals surface area contributed by atoms with Gasteiger partial charge in [0.2, 0.25) is 6.79 Å². The lowest BCUT2D eigenvalue weighted by atomic mass is 10.1. The minimum Gasteiger partial charge on any atom is -0.454 e. The van der Waals surface area contributed by atoms with E-state index in [-0.39, 0.29) is 6.79 Å². The summed E-state index contributed by atoms with van der Waals surface area (Å²) in [6, 6.07) is 17.5. The molecule has 0 saturated carbocycles. The number of benzene rings is 2. The van der Waals surface area contributed by atoms with Gasteiger partial charge >= 0.3 is 0 Å². The highest BCUT2D eigenvalue weighted by molar-refractivity contribution is 5.64. The third-order valence-corrected chi connectivity index (χ3v) is 3.66. The monoisotopic (exact) mass is 304 g/mol. The Morgan fingerprint density at radius 2 is 1.91 bits per heavy atom. The summed E-state index contributed by atoms with van der Waals surface area (Å²) in [5.74, 6) is 1.47. The molecule has 112 valence electrons. The molecule has 6 nitrogen and oxygen atoms in total. The molecule has 0 fully saturated rings. The van der Waals surface area contributed by atoms with E-state index < -0.39 is 0 Å². The van der Waals surface area contributed by atoms with Crippen LogP contribution < -0.4 is 9.47 Å². The summed E-state index contributed by atoms with van der Waals surface area (Å²) in [5, 5.41) is 17.4. The standard InChI is InChI=1S/C17H12N4O2/c18-9-14-17(13-4-2-1-3-5-13)21(20-19-14)10-12-6-7-15-16(8-12)23-11-22-15/h1-8H,10-11H2. The molecule has 23 heavy (non-hydrogen) atoms. The minimum absolute atomic E-state index is 0.246. The molecule has 0 atom stereocenters. The van der Waals surface area contributed by atoms with Gasteiger partial charge < -0.3 is 9.47 Å². The number of ether oxygens (including phenoxy) is 2. The Labute approximate surface area is 132 Å². The van der Waals surface area contributed by atoms with Crippen LogP contribution in [0.4, 0.5) is 0 Å². The van der Waals surface area contributed by atoms with E-state index in [2.05, 4.69) is 16.4 Å². The highest BCUT2D eigenvalue weighted by atomic mass is 16.7. The number of rotatable bonds is 3. The SMILES string of the molecule is N#Cc1nnn(Cc2ccc3c(c2)OCO3)c1-c1ccccc1. The van der Waals surface area contributed by atoms with Gasteiger partial charge in [-0.2, -0.15) is 5.26 Å². The second-order valence-electron chi connectivity index (χ2n) is 5.11. The summed E-state index contributed by atoms with van der Waals surface area (Å²) in [6.45, 7) is 0.742. The molecule has 2 heterocycles. The summed E-state index contributed by atoms with van der Waals surface area (Å²) in [4.78, 5) is 0. The van der Waals surface area contributed by atoms with E-state index in [4.69, 9.17) is 9.47 Å².